The summed E-state index contributed by atoms with van der Waals surface area (Å²) in [5.41, 5.74) is -0.0159. The zero-order chi connectivity index (χ0) is 13.2. The lowest BCUT2D eigenvalue weighted by Crippen LogP contribution is -2.32. The van der Waals surface area contributed by atoms with Gasteiger partial charge in [-0.1, -0.05) is 18.2 Å². The predicted octanol–water partition coefficient (Wildman–Crippen LogP) is 2.15. The molecule has 18 heavy (non-hydrogen) atoms. The first kappa shape index (κ1) is 12.3. The molecule has 0 radical (unpaired) electrons. The predicted molar refractivity (Wildman–Crippen MR) is 69.4 cm³/mol. The highest BCUT2D eigenvalue weighted by Crippen LogP contribution is 2.17. The van der Waals surface area contributed by atoms with E-state index in [4.69, 9.17) is 5.11 Å². The van der Waals surface area contributed by atoms with Crippen molar-refractivity contribution in [2.75, 3.05) is 11.9 Å². The van der Waals surface area contributed by atoms with Gasteiger partial charge in [0, 0.05) is 18.1 Å². The average molecular weight is 245 g/mol. The molecule has 1 aromatic carbocycles. The first-order valence-corrected chi connectivity index (χ1v) is 5.68. The maximum Gasteiger partial charge on any atom is 0.310 e. The first-order chi connectivity index (χ1) is 8.49. The second-order valence-electron chi connectivity index (χ2n) is 4.80. The van der Waals surface area contributed by atoms with Crippen molar-refractivity contribution in [1.82, 2.24) is 9.97 Å². The van der Waals surface area contributed by atoms with E-state index in [0.717, 1.165) is 10.9 Å². The van der Waals surface area contributed by atoms with E-state index < -0.39 is 11.4 Å². The van der Waals surface area contributed by atoms with E-state index in [9.17, 15) is 4.79 Å². The van der Waals surface area contributed by atoms with Crippen LogP contribution in [0.3, 0.4) is 0 Å². The van der Waals surface area contributed by atoms with Gasteiger partial charge in [-0.2, -0.15) is 0 Å². The molecule has 2 aromatic rings. The van der Waals surface area contributed by atoms with Crippen molar-refractivity contribution in [3.05, 3.63) is 30.5 Å². The standard InChI is InChI=1S/C13H15N3O2/c1-13(2,11(17)18)8-15-12-14-7-9-5-3-4-6-10(9)16-12/h3-7H,8H2,1-2H3,(H,17,18)(H,14,15,16). The number of hydrogen-bond donors (Lipinski definition) is 2. The summed E-state index contributed by atoms with van der Waals surface area (Å²) >= 11 is 0. The van der Waals surface area contributed by atoms with E-state index in [-0.39, 0.29) is 6.54 Å². The largest absolute Gasteiger partial charge is 0.481 e. The Bertz CT molecular complexity index is 581. The van der Waals surface area contributed by atoms with Crippen LogP contribution in [0.4, 0.5) is 5.95 Å². The van der Waals surface area contributed by atoms with Crippen LogP contribution in [0.1, 0.15) is 13.8 Å². The molecule has 0 unspecified atom stereocenters. The molecule has 0 fully saturated rings. The van der Waals surface area contributed by atoms with Crippen molar-refractivity contribution in [1.29, 1.82) is 0 Å². The summed E-state index contributed by atoms with van der Waals surface area (Å²) in [6.45, 7) is 3.59. The molecule has 1 heterocycles. The minimum absolute atomic E-state index is 0.278. The molecule has 0 saturated carbocycles. The maximum absolute atomic E-state index is 11.0. The third-order valence-electron chi connectivity index (χ3n) is 2.76. The summed E-state index contributed by atoms with van der Waals surface area (Å²) < 4.78 is 0. The number of carboxylic acids is 1. The summed E-state index contributed by atoms with van der Waals surface area (Å²) in [4.78, 5) is 19.5. The molecule has 1 aromatic heterocycles. The number of rotatable bonds is 4. The van der Waals surface area contributed by atoms with Crippen LogP contribution in [-0.2, 0) is 4.79 Å². The smallest absolute Gasteiger partial charge is 0.310 e. The quantitative estimate of drug-likeness (QED) is 0.863. The summed E-state index contributed by atoms with van der Waals surface area (Å²) in [7, 11) is 0. The van der Waals surface area contributed by atoms with Crippen LogP contribution >= 0.6 is 0 Å². The van der Waals surface area contributed by atoms with Gasteiger partial charge in [0.05, 0.1) is 10.9 Å². The number of nitrogens with one attached hydrogen (secondary N) is 1. The van der Waals surface area contributed by atoms with Gasteiger partial charge < -0.3 is 10.4 Å². The second-order valence-corrected chi connectivity index (χ2v) is 4.80. The number of nitrogens with zero attached hydrogens (tertiary/aromatic N) is 2. The number of fused-ring (bicyclic) bond motifs is 1. The maximum atomic E-state index is 11.0. The van der Waals surface area contributed by atoms with Gasteiger partial charge in [0.15, 0.2) is 0 Å². The Morgan fingerprint density at radius 3 is 2.83 bits per heavy atom. The van der Waals surface area contributed by atoms with Gasteiger partial charge in [-0.3, -0.25) is 4.79 Å². The van der Waals surface area contributed by atoms with Crippen LogP contribution in [0.5, 0.6) is 0 Å². The van der Waals surface area contributed by atoms with Gasteiger partial charge in [0.25, 0.3) is 0 Å². The lowest BCUT2D eigenvalue weighted by molar-refractivity contribution is -0.146. The van der Waals surface area contributed by atoms with Crippen molar-refractivity contribution in [3.63, 3.8) is 0 Å². The van der Waals surface area contributed by atoms with Crippen molar-refractivity contribution < 1.29 is 9.90 Å². The summed E-state index contributed by atoms with van der Waals surface area (Å²) in [6, 6.07) is 7.65. The Labute approximate surface area is 105 Å². The number of benzene rings is 1. The number of carbonyl (C=O) groups is 1. The van der Waals surface area contributed by atoms with Crippen LogP contribution in [-0.4, -0.2) is 27.6 Å². The molecular weight excluding hydrogens is 230 g/mol. The molecule has 94 valence electrons. The summed E-state index contributed by atoms with van der Waals surface area (Å²) in [5.74, 6) is -0.404. The molecule has 0 aliphatic heterocycles. The topological polar surface area (TPSA) is 75.1 Å². The third kappa shape index (κ3) is 2.56. The highest BCUT2D eigenvalue weighted by atomic mass is 16.4. The van der Waals surface area contributed by atoms with Crippen LogP contribution in [0.2, 0.25) is 0 Å². The van der Waals surface area contributed by atoms with E-state index >= 15 is 0 Å². The van der Waals surface area contributed by atoms with Gasteiger partial charge in [0.1, 0.15) is 0 Å². The van der Waals surface area contributed by atoms with Gasteiger partial charge in [0.2, 0.25) is 5.95 Å². The molecule has 0 atom stereocenters. The van der Waals surface area contributed by atoms with E-state index in [0.29, 0.717) is 5.95 Å². The Morgan fingerprint density at radius 1 is 1.39 bits per heavy atom. The SMILES string of the molecule is CC(C)(CNc1ncc2ccccc2n1)C(=O)O. The fourth-order valence-corrected chi connectivity index (χ4v) is 1.43. The monoisotopic (exact) mass is 245 g/mol. The number of anilines is 1. The molecule has 0 saturated heterocycles. The van der Waals surface area contributed by atoms with Gasteiger partial charge in [-0.15, -0.1) is 0 Å². The number of aromatic nitrogens is 2. The highest BCUT2D eigenvalue weighted by molar-refractivity contribution is 5.78. The fraction of sp³-hybridized carbons (Fsp3) is 0.308. The normalized spacial score (nSPS) is 11.4. The van der Waals surface area contributed by atoms with Crippen molar-refractivity contribution in [3.8, 4) is 0 Å². The summed E-state index contributed by atoms with van der Waals surface area (Å²) in [5, 5.41) is 12.9. The van der Waals surface area contributed by atoms with Crippen molar-refractivity contribution >= 4 is 22.8 Å². The number of carboxylic acid groups (broad SMARTS) is 1. The molecule has 2 N–H and O–H groups in total. The fourth-order valence-electron chi connectivity index (χ4n) is 1.43. The average Bonchev–Trinajstić information content (AvgIpc) is 2.36. The highest BCUT2D eigenvalue weighted by Gasteiger charge is 2.26. The van der Waals surface area contributed by atoms with Crippen LogP contribution in [0.15, 0.2) is 30.5 Å². The van der Waals surface area contributed by atoms with E-state index in [1.165, 1.54) is 0 Å². The molecule has 0 spiro atoms. The molecule has 5 heteroatoms. The Hall–Kier alpha value is -2.17. The molecule has 0 bridgehead atoms. The number of hydrogen-bond acceptors (Lipinski definition) is 4. The van der Waals surface area contributed by atoms with Crippen molar-refractivity contribution in [2.24, 2.45) is 5.41 Å². The minimum Gasteiger partial charge on any atom is -0.481 e. The number of aliphatic carboxylic acids is 1. The minimum atomic E-state index is -0.852. The molecular formula is C13H15N3O2. The zero-order valence-corrected chi connectivity index (χ0v) is 10.3. The Kier molecular flexibility index (Phi) is 3.14. The van der Waals surface area contributed by atoms with Crippen LogP contribution < -0.4 is 5.32 Å². The van der Waals surface area contributed by atoms with Crippen LogP contribution in [0, 0.1) is 5.41 Å². The number of para-hydroxylation sites is 1. The van der Waals surface area contributed by atoms with Gasteiger partial charge in [-0.05, 0) is 19.9 Å². The molecule has 0 aliphatic carbocycles. The lowest BCUT2D eigenvalue weighted by Gasteiger charge is -2.19. The lowest BCUT2D eigenvalue weighted by atomic mass is 9.94. The van der Waals surface area contributed by atoms with Crippen LogP contribution in [0.25, 0.3) is 10.9 Å². The van der Waals surface area contributed by atoms with Crippen molar-refractivity contribution in [2.45, 2.75) is 13.8 Å². The third-order valence-corrected chi connectivity index (χ3v) is 2.76. The first-order valence-electron chi connectivity index (χ1n) is 5.68. The molecule has 0 aliphatic rings. The zero-order valence-electron chi connectivity index (χ0n) is 10.3. The van der Waals surface area contributed by atoms with Gasteiger partial charge >= 0.3 is 5.97 Å². The Morgan fingerprint density at radius 2 is 2.11 bits per heavy atom. The molecule has 0 amide bonds. The van der Waals surface area contributed by atoms with E-state index in [1.54, 1.807) is 20.0 Å². The van der Waals surface area contributed by atoms with E-state index in [1.807, 2.05) is 24.3 Å². The molecule has 2 rings (SSSR count). The molecule has 5 nitrogen and oxygen atoms in total. The second kappa shape index (κ2) is 4.60. The summed E-state index contributed by atoms with van der Waals surface area (Å²) in [6.07, 6.45) is 1.72. The Balaban J connectivity index is 2.15. The van der Waals surface area contributed by atoms with E-state index in [2.05, 4.69) is 15.3 Å². The van der Waals surface area contributed by atoms with Gasteiger partial charge in [-0.25, -0.2) is 9.97 Å².